The second-order valence-electron chi connectivity index (χ2n) is 2.75. The van der Waals surface area contributed by atoms with Crippen molar-refractivity contribution in [2.24, 2.45) is 0 Å². The molecule has 2 rings (SSSR count). The number of nitrogens with zero attached hydrogens (tertiary/aromatic N) is 1. The van der Waals surface area contributed by atoms with Crippen molar-refractivity contribution < 1.29 is 5.11 Å². The van der Waals surface area contributed by atoms with Gasteiger partial charge in [0.1, 0.15) is 5.75 Å². The van der Waals surface area contributed by atoms with Crippen molar-refractivity contribution in [3.8, 4) is 5.75 Å². The van der Waals surface area contributed by atoms with Crippen LogP contribution in [0.4, 0.5) is 0 Å². The quantitative estimate of drug-likeness (QED) is 0.635. The summed E-state index contributed by atoms with van der Waals surface area (Å²) >= 11 is 0. The normalized spacial score (nSPS) is 17.2. The number of aromatic nitrogens is 1. The molecule has 0 amide bonds. The lowest BCUT2D eigenvalue weighted by molar-refractivity contribution is 0.471. The standard InChI is InChI=1S/C8H9NO/c10-8-3-7(4-9-5-8)6-1-2-6/h3-6,10H,1-2H2. The highest BCUT2D eigenvalue weighted by molar-refractivity contribution is 5.27. The van der Waals surface area contributed by atoms with Gasteiger partial charge in [0.2, 0.25) is 0 Å². The highest BCUT2D eigenvalue weighted by Crippen LogP contribution is 2.40. The third-order valence-corrected chi connectivity index (χ3v) is 1.79. The SMILES string of the molecule is Oc1cncc(C2CC2)c1. The molecule has 10 heavy (non-hydrogen) atoms. The van der Waals surface area contributed by atoms with Crippen molar-refractivity contribution in [3.05, 3.63) is 24.0 Å². The minimum atomic E-state index is 0.282. The zero-order valence-corrected chi connectivity index (χ0v) is 5.62. The molecule has 0 bridgehead atoms. The average Bonchev–Trinajstić information content (AvgIpc) is 2.68. The van der Waals surface area contributed by atoms with E-state index < -0.39 is 0 Å². The summed E-state index contributed by atoms with van der Waals surface area (Å²) in [4.78, 5) is 3.90. The molecule has 1 fully saturated rings. The van der Waals surface area contributed by atoms with Gasteiger partial charge >= 0.3 is 0 Å². The van der Waals surface area contributed by atoms with Crippen LogP contribution in [0.2, 0.25) is 0 Å². The van der Waals surface area contributed by atoms with Crippen LogP contribution in [0.3, 0.4) is 0 Å². The Morgan fingerprint density at radius 2 is 2.20 bits per heavy atom. The van der Waals surface area contributed by atoms with Crippen LogP contribution in [-0.2, 0) is 0 Å². The minimum absolute atomic E-state index is 0.282. The monoisotopic (exact) mass is 135 g/mol. The van der Waals surface area contributed by atoms with E-state index in [4.69, 9.17) is 5.11 Å². The van der Waals surface area contributed by atoms with Gasteiger partial charge in [0.25, 0.3) is 0 Å². The van der Waals surface area contributed by atoms with Gasteiger partial charge in [0.15, 0.2) is 0 Å². The molecule has 0 spiro atoms. The molecule has 1 N–H and O–H groups in total. The van der Waals surface area contributed by atoms with Gasteiger partial charge in [-0.25, -0.2) is 0 Å². The first-order valence-electron chi connectivity index (χ1n) is 3.50. The predicted molar refractivity (Wildman–Crippen MR) is 37.9 cm³/mol. The highest BCUT2D eigenvalue weighted by Gasteiger charge is 2.23. The summed E-state index contributed by atoms with van der Waals surface area (Å²) in [5, 5.41) is 9.03. The van der Waals surface area contributed by atoms with E-state index in [9.17, 15) is 0 Å². The van der Waals surface area contributed by atoms with Crippen LogP contribution in [0, 0.1) is 0 Å². The molecular weight excluding hydrogens is 126 g/mol. The lowest BCUT2D eigenvalue weighted by atomic mass is 10.2. The van der Waals surface area contributed by atoms with Crippen molar-refractivity contribution in [1.29, 1.82) is 0 Å². The minimum Gasteiger partial charge on any atom is -0.506 e. The third kappa shape index (κ3) is 0.967. The Balaban J connectivity index is 2.32. The van der Waals surface area contributed by atoms with E-state index in [0.717, 1.165) is 0 Å². The number of hydrogen-bond donors (Lipinski definition) is 1. The maximum atomic E-state index is 9.03. The fraction of sp³-hybridized carbons (Fsp3) is 0.375. The lowest BCUT2D eigenvalue weighted by Gasteiger charge is -1.95. The largest absolute Gasteiger partial charge is 0.506 e. The van der Waals surface area contributed by atoms with Crippen LogP contribution < -0.4 is 0 Å². The summed E-state index contributed by atoms with van der Waals surface area (Å²) in [6, 6.07) is 1.80. The van der Waals surface area contributed by atoms with E-state index in [0.29, 0.717) is 5.92 Å². The Morgan fingerprint density at radius 1 is 1.40 bits per heavy atom. The lowest BCUT2D eigenvalue weighted by Crippen LogP contribution is -1.79. The number of pyridine rings is 1. The molecule has 52 valence electrons. The zero-order valence-electron chi connectivity index (χ0n) is 5.62. The summed E-state index contributed by atoms with van der Waals surface area (Å²) in [5.74, 6) is 0.962. The van der Waals surface area contributed by atoms with Gasteiger partial charge in [-0.2, -0.15) is 0 Å². The summed E-state index contributed by atoms with van der Waals surface area (Å²) < 4.78 is 0. The zero-order chi connectivity index (χ0) is 6.97. The van der Waals surface area contributed by atoms with E-state index in [1.165, 1.54) is 24.6 Å². The summed E-state index contributed by atoms with van der Waals surface area (Å²) in [5.41, 5.74) is 1.18. The Bertz CT molecular complexity index is 243. The Hall–Kier alpha value is -1.05. The molecule has 2 heteroatoms. The van der Waals surface area contributed by atoms with Gasteiger partial charge in [-0.3, -0.25) is 4.98 Å². The highest BCUT2D eigenvalue weighted by atomic mass is 16.3. The van der Waals surface area contributed by atoms with Gasteiger partial charge in [-0.05, 0) is 30.4 Å². The molecule has 1 aromatic rings. The van der Waals surface area contributed by atoms with Gasteiger partial charge < -0.3 is 5.11 Å². The fourth-order valence-corrected chi connectivity index (χ4v) is 1.08. The predicted octanol–water partition coefficient (Wildman–Crippen LogP) is 1.66. The Morgan fingerprint density at radius 3 is 2.80 bits per heavy atom. The maximum absolute atomic E-state index is 9.03. The molecule has 1 saturated carbocycles. The van der Waals surface area contributed by atoms with Crippen LogP contribution in [-0.4, -0.2) is 10.1 Å². The fourth-order valence-electron chi connectivity index (χ4n) is 1.08. The van der Waals surface area contributed by atoms with Crippen molar-refractivity contribution in [2.75, 3.05) is 0 Å². The Kier molecular flexibility index (Phi) is 1.13. The van der Waals surface area contributed by atoms with E-state index in [-0.39, 0.29) is 5.75 Å². The molecule has 1 aromatic heterocycles. The van der Waals surface area contributed by atoms with Crippen LogP contribution in [0.25, 0.3) is 0 Å². The number of aromatic hydroxyl groups is 1. The van der Waals surface area contributed by atoms with Crippen molar-refractivity contribution in [3.63, 3.8) is 0 Å². The molecule has 0 aromatic carbocycles. The van der Waals surface area contributed by atoms with E-state index in [2.05, 4.69) is 4.98 Å². The molecule has 1 heterocycles. The van der Waals surface area contributed by atoms with E-state index in [1.807, 2.05) is 6.20 Å². The van der Waals surface area contributed by atoms with Crippen LogP contribution in [0.5, 0.6) is 5.75 Å². The topological polar surface area (TPSA) is 33.1 Å². The molecule has 1 aliphatic rings. The smallest absolute Gasteiger partial charge is 0.134 e. The van der Waals surface area contributed by atoms with Crippen LogP contribution in [0.15, 0.2) is 18.5 Å². The van der Waals surface area contributed by atoms with Crippen molar-refractivity contribution in [1.82, 2.24) is 4.98 Å². The Labute approximate surface area is 59.5 Å². The molecule has 0 radical (unpaired) electrons. The summed E-state index contributed by atoms with van der Waals surface area (Å²) in [7, 11) is 0. The molecule has 1 aliphatic carbocycles. The molecular formula is C8H9NO. The summed E-state index contributed by atoms with van der Waals surface area (Å²) in [6.45, 7) is 0. The molecule has 0 atom stereocenters. The molecule has 0 saturated heterocycles. The summed E-state index contributed by atoms with van der Waals surface area (Å²) in [6.07, 6.45) is 5.81. The van der Waals surface area contributed by atoms with Gasteiger partial charge in [0.05, 0.1) is 6.20 Å². The van der Waals surface area contributed by atoms with Gasteiger partial charge in [-0.15, -0.1) is 0 Å². The van der Waals surface area contributed by atoms with Crippen LogP contribution in [0.1, 0.15) is 24.3 Å². The average molecular weight is 135 g/mol. The van der Waals surface area contributed by atoms with Gasteiger partial charge in [-0.1, -0.05) is 0 Å². The first kappa shape index (κ1) is 5.71. The second kappa shape index (κ2) is 1.97. The maximum Gasteiger partial charge on any atom is 0.134 e. The number of hydrogen-bond acceptors (Lipinski definition) is 2. The first-order valence-corrected chi connectivity index (χ1v) is 3.50. The first-order chi connectivity index (χ1) is 4.86. The van der Waals surface area contributed by atoms with E-state index >= 15 is 0 Å². The van der Waals surface area contributed by atoms with Crippen molar-refractivity contribution >= 4 is 0 Å². The molecule has 2 nitrogen and oxygen atoms in total. The number of rotatable bonds is 1. The second-order valence-corrected chi connectivity index (χ2v) is 2.75. The van der Waals surface area contributed by atoms with E-state index in [1.54, 1.807) is 6.07 Å². The van der Waals surface area contributed by atoms with Crippen molar-refractivity contribution in [2.45, 2.75) is 18.8 Å². The molecule has 0 aliphatic heterocycles. The van der Waals surface area contributed by atoms with Crippen LogP contribution >= 0.6 is 0 Å². The van der Waals surface area contributed by atoms with Gasteiger partial charge in [0, 0.05) is 6.20 Å². The molecule has 0 unspecified atom stereocenters. The third-order valence-electron chi connectivity index (χ3n) is 1.79.